The van der Waals surface area contributed by atoms with Crippen molar-refractivity contribution < 1.29 is 5.11 Å². The second kappa shape index (κ2) is 6.62. The van der Waals surface area contributed by atoms with E-state index >= 15 is 0 Å². The molecule has 0 saturated carbocycles. The molecule has 2 nitrogen and oxygen atoms in total. The van der Waals surface area contributed by atoms with Gasteiger partial charge in [0.2, 0.25) is 0 Å². The van der Waals surface area contributed by atoms with Crippen LogP contribution in [0.5, 0.6) is 0 Å². The molecule has 0 bridgehead atoms. The van der Waals surface area contributed by atoms with Gasteiger partial charge in [0.1, 0.15) is 0 Å². The average Bonchev–Trinajstić information content (AvgIpc) is 1.87. The fourth-order valence-electron chi connectivity index (χ4n) is 1.43. The van der Waals surface area contributed by atoms with E-state index in [1.807, 2.05) is 0 Å². The fourth-order valence-corrected chi connectivity index (χ4v) is 1.43. The lowest BCUT2D eigenvalue weighted by molar-refractivity contribution is 0.222. The molecule has 1 unspecified atom stereocenters. The van der Waals surface area contributed by atoms with Gasteiger partial charge in [-0.25, -0.2) is 0 Å². The molecule has 0 heterocycles. The molecule has 0 aromatic rings. The zero-order valence-corrected chi connectivity index (χ0v) is 8.01. The first kappa shape index (κ1) is 10.9. The van der Waals surface area contributed by atoms with Gasteiger partial charge in [-0.2, -0.15) is 0 Å². The molecule has 0 aromatic heterocycles. The van der Waals surface area contributed by atoms with Gasteiger partial charge in [-0.05, 0) is 32.9 Å². The monoisotopic (exact) mass is 159 g/mol. The number of nitrogens with zero attached hydrogens (tertiary/aromatic N) is 1. The molecule has 0 radical (unpaired) electrons. The van der Waals surface area contributed by atoms with Crippen molar-refractivity contribution in [1.82, 2.24) is 4.90 Å². The topological polar surface area (TPSA) is 23.5 Å². The first-order chi connectivity index (χ1) is 5.20. The summed E-state index contributed by atoms with van der Waals surface area (Å²) in [6, 6.07) is 0. The molecule has 0 fully saturated rings. The zero-order valence-electron chi connectivity index (χ0n) is 8.01. The Bertz CT molecular complexity index is 77.6. The lowest BCUT2D eigenvalue weighted by Crippen LogP contribution is -2.22. The minimum Gasteiger partial charge on any atom is -0.396 e. The van der Waals surface area contributed by atoms with Crippen LogP contribution in [0.2, 0.25) is 0 Å². The molecule has 0 aliphatic carbocycles. The molecular formula is C9H21NO. The Hall–Kier alpha value is -0.0800. The molecule has 0 aliphatic heterocycles. The molecule has 1 N–H and O–H groups in total. The van der Waals surface area contributed by atoms with E-state index < -0.39 is 0 Å². The number of hydrogen-bond acceptors (Lipinski definition) is 2. The number of rotatable bonds is 6. The first-order valence-corrected chi connectivity index (χ1v) is 4.46. The normalized spacial score (nSPS) is 13.9. The van der Waals surface area contributed by atoms with Crippen molar-refractivity contribution in [1.29, 1.82) is 0 Å². The van der Waals surface area contributed by atoms with E-state index in [9.17, 15) is 0 Å². The van der Waals surface area contributed by atoms with Crippen LogP contribution >= 0.6 is 0 Å². The molecular weight excluding hydrogens is 138 g/mol. The molecule has 68 valence electrons. The molecule has 0 saturated heterocycles. The van der Waals surface area contributed by atoms with Crippen molar-refractivity contribution in [2.24, 2.45) is 5.92 Å². The molecule has 1 atom stereocenters. The second-order valence-corrected chi connectivity index (χ2v) is 3.43. The van der Waals surface area contributed by atoms with Gasteiger partial charge in [-0.3, -0.25) is 0 Å². The van der Waals surface area contributed by atoms with Gasteiger partial charge in [0, 0.05) is 13.2 Å². The molecule has 0 amide bonds. The number of hydrogen-bond donors (Lipinski definition) is 1. The SMILES string of the molecule is CCCC(CCO)CN(C)C. The minimum absolute atomic E-state index is 0.332. The molecule has 0 spiro atoms. The van der Waals surface area contributed by atoms with Crippen LogP contribution in [0.15, 0.2) is 0 Å². The van der Waals surface area contributed by atoms with Crippen molar-refractivity contribution in [3.05, 3.63) is 0 Å². The average molecular weight is 159 g/mol. The van der Waals surface area contributed by atoms with Crippen LogP contribution in [-0.4, -0.2) is 37.3 Å². The van der Waals surface area contributed by atoms with Crippen molar-refractivity contribution in [2.75, 3.05) is 27.2 Å². The zero-order chi connectivity index (χ0) is 8.69. The first-order valence-electron chi connectivity index (χ1n) is 4.46. The highest BCUT2D eigenvalue weighted by Gasteiger charge is 2.07. The van der Waals surface area contributed by atoms with E-state index in [0.29, 0.717) is 12.5 Å². The quantitative estimate of drug-likeness (QED) is 0.632. The van der Waals surface area contributed by atoms with Crippen molar-refractivity contribution in [3.8, 4) is 0 Å². The molecule has 0 aromatic carbocycles. The lowest BCUT2D eigenvalue weighted by atomic mass is 10.00. The Morgan fingerprint density at radius 1 is 1.27 bits per heavy atom. The van der Waals surface area contributed by atoms with E-state index in [-0.39, 0.29) is 0 Å². The summed E-state index contributed by atoms with van der Waals surface area (Å²) in [5.74, 6) is 0.681. The summed E-state index contributed by atoms with van der Waals surface area (Å²) in [4.78, 5) is 2.19. The standard InChI is InChI=1S/C9H21NO/c1-4-5-9(6-7-11)8-10(2)3/h9,11H,4-8H2,1-3H3. The highest BCUT2D eigenvalue weighted by atomic mass is 16.3. The summed E-state index contributed by atoms with van der Waals surface area (Å²) >= 11 is 0. The van der Waals surface area contributed by atoms with Gasteiger partial charge < -0.3 is 10.0 Å². The van der Waals surface area contributed by atoms with E-state index in [4.69, 9.17) is 5.11 Å². The van der Waals surface area contributed by atoms with Crippen LogP contribution in [0.4, 0.5) is 0 Å². The van der Waals surface area contributed by atoms with Gasteiger partial charge >= 0.3 is 0 Å². The Morgan fingerprint density at radius 2 is 1.91 bits per heavy atom. The Morgan fingerprint density at radius 3 is 2.27 bits per heavy atom. The predicted molar refractivity (Wildman–Crippen MR) is 48.7 cm³/mol. The highest BCUT2D eigenvalue weighted by Crippen LogP contribution is 2.10. The Labute approximate surface area is 70.2 Å². The van der Waals surface area contributed by atoms with E-state index in [1.165, 1.54) is 12.8 Å². The minimum atomic E-state index is 0.332. The number of aliphatic hydroxyl groups is 1. The van der Waals surface area contributed by atoms with Crippen LogP contribution in [-0.2, 0) is 0 Å². The third-order valence-corrected chi connectivity index (χ3v) is 1.86. The summed E-state index contributed by atoms with van der Waals surface area (Å²) in [5.41, 5.74) is 0. The molecule has 2 heteroatoms. The van der Waals surface area contributed by atoms with E-state index in [2.05, 4.69) is 25.9 Å². The number of aliphatic hydroxyl groups excluding tert-OH is 1. The smallest absolute Gasteiger partial charge is 0.0434 e. The van der Waals surface area contributed by atoms with Crippen molar-refractivity contribution >= 4 is 0 Å². The van der Waals surface area contributed by atoms with Crippen LogP contribution in [0, 0.1) is 5.92 Å². The third kappa shape index (κ3) is 6.32. The summed E-state index contributed by atoms with van der Waals surface area (Å²) < 4.78 is 0. The highest BCUT2D eigenvalue weighted by molar-refractivity contribution is 4.60. The van der Waals surface area contributed by atoms with Gasteiger partial charge in [0.25, 0.3) is 0 Å². The van der Waals surface area contributed by atoms with Crippen LogP contribution < -0.4 is 0 Å². The van der Waals surface area contributed by atoms with Crippen LogP contribution in [0.1, 0.15) is 26.2 Å². The fraction of sp³-hybridized carbons (Fsp3) is 1.00. The summed E-state index contributed by atoms with van der Waals surface area (Å²) in [5, 5.41) is 8.76. The molecule has 11 heavy (non-hydrogen) atoms. The largest absolute Gasteiger partial charge is 0.396 e. The Kier molecular flexibility index (Phi) is 6.57. The maximum atomic E-state index is 8.76. The Balaban J connectivity index is 3.50. The van der Waals surface area contributed by atoms with Gasteiger partial charge in [-0.1, -0.05) is 13.3 Å². The summed E-state index contributed by atoms with van der Waals surface area (Å²) in [6.07, 6.45) is 3.41. The van der Waals surface area contributed by atoms with E-state index in [0.717, 1.165) is 13.0 Å². The van der Waals surface area contributed by atoms with E-state index in [1.54, 1.807) is 0 Å². The maximum Gasteiger partial charge on any atom is 0.0434 e. The summed E-state index contributed by atoms with van der Waals surface area (Å²) in [7, 11) is 4.17. The third-order valence-electron chi connectivity index (χ3n) is 1.86. The van der Waals surface area contributed by atoms with Gasteiger partial charge in [0.15, 0.2) is 0 Å². The van der Waals surface area contributed by atoms with Crippen LogP contribution in [0.25, 0.3) is 0 Å². The van der Waals surface area contributed by atoms with Crippen molar-refractivity contribution in [2.45, 2.75) is 26.2 Å². The lowest BCUT2D eigenvalue weighted by Gasteiger charge is -2.19. The maximum absolute atomic E-state index is 8.76. The predicted octanol–water partition coefficient (Wildman–Crippen LogP) is 1.35. The summed E-state index contributed by atoms with van der Waals surface area (Å²) in [6.45, 7) is 3.63. The van der Waals surface area contributed by atoms with Crippen LogP contribution in [0.3, 0.4) is 0 Å². The molecule has 0 rings (SSSR count). The van der Waals surface area contributed by atoms with Gasteiger partial charge in [-0.15, -0.1) is 0 Å². The molecule has 0 aliphatic rings. The van der Waals surface area contributed by atoms with Crippen molar-refractivity contribution in [3.63, 3.8) is 0 Å². The second-order valence-electron chi connectivity index (χ2n) is 3.43. The van der Waals surface area contributed by atoms with Gasteiger partial charge in [0.05, 0.1) is 0 Å².